The highest BCUT2D eigenvalue weighted by Crippen LogP contribution is 2.16. The van der Waals surface area contributed by atoms with Gasteiger partial charge in [0.15, 0.2) is 5.96 Å². The molecule has 0 aliphatic heterocycles. The second kappa shape index (κ2) is 10.4. The standard InChI is InChI=1S/C13H20N4O2.HI/c1-3-4-9-15-13(14-2)16-10-11-7-5-6-8-12(11)17(18)19;/h5-8H,3-4,9-10H2,1-2H3,(H2,14,15,16);1H. The van der Waals surface area contributed by atoms with Crippen LogP contribution in [0.2, 0.25) is 0 Å². The van der Waals surface area contributed by atoms with Crippen molar-refractivity contribution in [3.05, 3.63) is 39.9 Å². The Hall–Kier alpha value is -1.38. The molecule has 0 aliphatic rings. The summed E-state index contributed by atoms with van der Waals surface area (Å²) in [6.07, 6.45) is 2.17. The highest BCUT2D eigenvalue weighted by atomic mass is 127. The molecule has 7 heteroatoms. The Kier molecular flexibility index (Phi) is 9.69. The molecule has 0 unspecified atom stereocenters. The summed E-state index contributed by atoms with van der Waals surface area (Å²) in [5, 5.41) is 17.1. The molecule has 6 nitrogen and oxygen atoms in total. The molecule has 0 fully saturated rings. The Balaban J connectivity index is 0.00000361. The van der Waals surface area contributed by atoms with Gasteiger partial charge in [-0.3, -0.25) is 15.1 Å². The average molecular weight is 392 g/mol. The fourth-order valence-electron chi connectivity index (χ4n) is 1.62. The van der Waals surface area contributed by atoms with E-state index in [-0.39, 0.29) is 34.6 Å². The van der Waals surface area contributed by atoms with E-state index in [0.29, 0.717) is 18.1 Å². The van der Waals surface area contributed by atoms with Gasteiger partial charge in [-0.15, -0.1) is 24.0 Å². The average Bonchev–Trinajstić information content (AvgIpc) is 2.43. The van der Waals surface area contributed by atoms with Gasteiger partial charge in [-0.25, -0.2) is 0 Å². The van der Waals surface area contributed by atoms with Gasteiger partial charge in [0.25, 0.3) is 5.69 Å². The van der Waals surface area contributed by atoms with E-state index in [4.69, 9.17) is 0 Å². The number of hydrogen-bond acceptors (Lipinski definition) is 3. The van der Waals surface area contributed by atoms with Crippen LogP contribution >= 0.6 is 24.0 Å². The maximum atomic E-state index is 10.9. The number of guanidine groups is 1. The molecule has 0 saturated heterocycles. The van der Waals surface area contributed by atoms with Crippen LogP contribution in [0.4, 0.5) is 5.69 Å². The highest BCUT2D eigenvalue weighted by Gasteiger charge is 2.12. The summed E-state index contributed by atoms with van der Waals surface area (Å²) in [7, 11) is 1.68. The lowest BCUT2D eigenvalue weighted by molar-refractivity contribution is -0.385. The van der Waals surface area contributed by atoms with E-state index in [1.54, 1.807) is 25.2 Å². The predicted molar refractivity (Wildman–Crippen MR) is 91.6 cm³/mol. The van der Waals surface area contributed by atoms with E-state index in [2.05, 4.69) is 22.5 Å². The second-order valence-corrected chi connectivity index (χ2v) is 4.09. The van der Waals surface area contributed by atoms with Crippen LogP contribution in [0, 0.1) is 10.1 Å². The smallest absolute Gasteiger partial charge is 0.274 e. The molecule has 20 heavy (non-hydrogen) atoms. The molecule has 0 heterocycles. The number of benzene rings is 1. The lowest BCUT2D eigenvalue weighted by Crippen LogP contribution is -2.37. The van der Waals surface area contributed by atoms with Crippen molar-refractivity contribution in [1.82, 2.24) is 10.6 Å². The number of nitrogens with one attached hydrogen (secondary N) is 2. The van der Waals surface area contributed by atoms with Gasteiger partial charge in [0.2, 0.25) is 0 Å². The van der Waals surface area contributed by atoms with Gasteiger partial charge in [-0.05, 0) is 6.42 Å². The number of halogens is 1. The van der Waals surface area contributed by atoms with Crippen molar-refractivity contribution < 1.29 is 4.92 Å². The van der Waals surface area contributed by atoms with E-state index in [0.717, 1.165) is 19.4 Å². The van der Waals surface area contributed by atoms with Crippen LogP contribution in [0.3, 0.4) is 0 Å². The number of unbranched alkanes of at least 4 members (excludes halogenated alkanes) is 1. The molecule has 0 atom stereocenters. The first-order valence-electron chi connectivity index (χ1n) is 6.35. The molecule has 1 aromatic rings. The van der Waals surface area contributed by atoms with Gasteiger partial charge in [-0.2, -0.15) is 0 Å². The molecule has 1 aromatic carbocycles. The summed E-state index contributed by atoms with van der Waals surface area (Å²) >= 11 is 0. The summed E-state index contributed by atoms with van der Waals surface area (Å²) in [6.45, 7) is 3.33. The molecule has 0 amide bonds. The molecule has 0 bridgehead atoms. The highest BCUT2D eigenvalue weighted by molar-refractivity contribution is 14.0. The zero-order valence-electron chi connectivity index (χ0n) is 11.8. The maximum Gasteiger partial charge on any atom is 0.274 e. The zero-order valence-corrected chi connectivity index (χ0v) is 14.1. The first kappa shape index (κ1) is 18.6. The van der Waals surface area contributed by atoms with Crippen molar-refractivity contribution in [1.29, 1.82) is 0 Å². The number of nitro benzene ring substituents is 1. The van der Waals surface area contributed by atoms with Crippen LogP contribution in [0.15, 0.2) is 29.3 Å². The number of aliphatic imine (C=N–C) groups is 1. The maximum absolute atomic E-state index is 10.9. The summed E-state index contributed by atoms with van der Waals surface area (Å²) in [5.41, 5.74) is 0.768. The minimum Gasteiger partial charge on any atom is -0.356 e. The van der Waals surface area contributed by atoms with Crippen LogP contribution < -0.4 is 10.6 Å². The normalized spacial score (nSPS) is 10.6. The minimum atomic E-state index is -0.371. The summed E-state index contributed by atoms with van der Waals surface area (Å²) in [6, 6.07) is 6.70. The zero-order chi connectivity index (χ0) is 14.1. The van der Waals surface area contributed by atoms with Crippen LogP contribution in [0.1, 0.15) is 25.3 Å². The third-order valence-electron chi connectivity index (χ3n) is 2.68. The summed E-state index contributed by atoms with van der Waals surface area (Å²) in [5.74, 6) is 0.659. The van der Waals surface area contributed by atoms with Crippen molar-refractivity contribution in [3.8, 4) is 0 Å². The number of hydrogen-bond donors (Lipinski definition) is 2. The van der Waals surface area contributed by atoms with Crippen LogP contribution in [-0.2, 0) is 6.54 Å². The number of para-hydroxylation sites is 1. The molecule has 0 saturated carbocycles. The third kappa shape index (κ3) is 6.18. The van der Waals surface area contributed by atoms with Crippen molar-refractivity contribution >= 4 is 35.6 Å². The van der Waals surface area contributed by atoms with Gasteiger partial charge in [0.1, 0.15) is 0 Å². The molecule has 0 spiro atoms. The van der Waals surface area contributed by atoms with E-state index in [1.807, 2.05) is 0 Å². The number of nitrogens with zero attached hydrogens (tertiary/aromatic N) is 2. The van der Waals surface area contributed by atoms with Crippen LogP contribution in [-0.4, -0.2) is 24.5 Å². The number of nitro groups is 1. The monoisotopic (exact) mass is 392 g/mol. The fourth-order valence-corrected chi connectivity index (χ4v) is 1.62. The van der Waals surface area contributed by atoms with Gasteiger partial charge in [0, 0.05) is 31.8 Å². The molecular formula is C13H21IN4O2. The molecule has 0 radical (unpaired) electrons. The second-order valence-electron chi connectivity index (χ2n) is 4.09. The van der Waals surface area contributed by atoms with E-state index in [1.165, 1.54) is 6.07 Å². The first-order valence-corrected chi connectivity index (χ1v) is 6.35. The SMILES string of the molecule is CCCCNC(=NC)NCc1ccccc1[N+](=O)[O-].I. The molecule has 0 aliphatic carbocycles. The predicted octanol–water partition coefficient (Wildman–Crippen LogP) is 2.68. The van der Waals surface area contributed by atoms with E-state index in [9.17, 15) is 10.1 Å². The van der Waals surface area contributed by atoms with Crippen molar-refractivity contribution in [2.75, 3.05) is 13.6 Å². The molecule has 112 valence electrons. The Bertz CT molecular complexity index is 452. The van der Waals surface area contributed by atoms with Gasteiger partial charge >= 0.3 is 0 Å². The lowest BCUT2D eigenvalue weighted by Gasteiger charge is -2.11. The largest absolute Gasteiger partial charge is 0.356 e. The van der Waals surface area contributed by atoms with Crippen LogP contribution in [0.5, 0.6) is 0 Å². The molecule has 1 rings (SSSR count). The van der Waals surface area contributed by atoms with Gasteiger partial charge in [0.05, 0.1) is 4.92 Å². The fraction of sp³-hybridized carbons (Fsp3) is 0.462. The Morgan fingerprint density at radius 3 is 2.65 bits per heavy atom. The Morgan fingerprint density at radius 1 is 1.35 bits per heavy atom. The summed E-state index contributed by atoms with van der Waals surface area (Å²) in [4.78, 5) is 14.6. The third-order valence-corrected chi connectivity index (χ3v) is 2.68. The first-order chi connectivity index (χ1) is 9.19. The van der Waals surface area contributed by atoms with E-state index < -0.39 is 0 Å². The van der Waals surface area contributed by atoms with Crippen molar-refractivity contribution in [2.24, 2.45) is 4.99 Å². The van der Waals surface area contributed by atoms with Crippen molar-refractivity contribution in [2.45, 2.75) is 26.3 Å². The van der Waals surface area contributed by atoms with Crippen molar-refractivity contribution in [3.63, 3.8) is 0 Å². The van der Waals surface area contributed by atoms with E-state index >= 15 is 0 Å². The summed E-state index contributed by atoms with van der Waals surface area (Å²) < 4.78 is 0. The minimum absolute atomic E-state index is 0. The Morgan fingerprint density at radius 2 is 2.05 bits per heavy atom. The molecule has 2 N–H and O–H groups in total. The van der Waals surface area contributed by atoms with Gasteiger partial charge < -0.3 is 10.6 Å². The van der Waals surface area contributed by atoms with Crippen LogP contribution in [0.25, 0.3) is 0 Å². The topological polar surface area (TPSA) is 79.6 Å². The molecular weight excluding hydrogens is 371 g/mol. The molecule has 0 aromatic heterocycles. The Labute approximate surface area is 136 Å². The quantitative estimate of drug-likeness (QED) is 0.195. The van der Waals surface area contributed by atoms with Gasteiger partial charge in [-0.1, -0.05) is 31.5 Å². The lowest BCUT2D eigenvalue weighted by atomic mass is 10.2. The number of rotatable bonds is 6.